The number of aryl methyl sites for hydroxylation is 1. The van der Waals surface area contributed by atoms with Crippen LogP contribution in [0, 0.1) is 6.92 Å². The van der Waals surface area contributed by atoms with Crippen LogP contribution in [0.15, 0.2) is 29.1 Å². The van der Waals surface area contributed by atoms with E-state index in [2.05, 4.69) is 15.3 Å². The molecule has 1 aliphatic heterocycles. The molecule has 8 heteroatoms. The summed E-state index contributed by atoms with van der Waals surface area (Å²) in [6.07, 6.45) is 2.66. The van der Waals surface area contributed by atoms with Crippen LogP contribution >= 0.6 is 23.1 Å². The molecule has 2 N–H and O–H groups in total. The Morgan fingerprint density at radius 2 is 2.26 bits per heavy atom. The first kappa shape index (κ1) is 18.1. The zero-order valence-corrected chi connectivity index (χ0v) is 16.6. The highest BCUT2D eigenvalue weighted by Crippen LogP contribution is 2.33. The first-order valence-electron chi connectivity index (χ1n) is 8.62. The number of nitrogens with zero attached hydrogens (tertiary/aromatic N) is 1. The Balaban J connectivity index is 1.67. The van der Waals surface area contributed by atoms with Crippen molar-refractivity contribution in [2.75, 3.05) is 12.9 Å². The summed E-state index contributed by atoms with van der Waals surface area (Å²) < 4.78 is 5.66. The van der Waals surface area contributed by atoms with Gasteiger partial charge < -0.3 is 15.0 Å². The van der Waals surface area contributed by atoms with E-state index in [0.717, 1.165) is 11.3 Å². The highest BCUT2D eigenvalue weighted by molar-refractivity contribution is 7.97. The molecule has 0 fully saturated rings. The molecular weight excluding hydrogens is 382 g/mol. The molecule has 140 valence electrons. The van der Waals surface area contributed by atoms with Crippen molar-refractivity contribution in [3.05, 3.63) is 56.4 Å². The van der Waals surface area contributed by atoms with Gasteiger partial charge in [0.25, 0.3) is 11.5 Å². The topological polar surface area (TPSA) is 84.1 Å². The minimum absolute atomic E-state index is 0.106. The number of thioether (sulfide) groups is 1. The Morgan fingerprint density at radius 3 is 3.07 bits per heavy atom. The van der Waals surface area contributed by atoms with Gasteiger partial charge in [-0.25, -0.2) is 4.98 Å². The molecule has 0 saturated heterocycles. The lowest BCUT2D eigenvalue weighted by molar-refractivity contribution is 0.0928. The van der Waals surface area contributed by atoms with Crippen LogP contribution in [0.5, 0.6) is 5.75 Å². The summed E-state index contributed by atoms with van der Waals surface area (Å²) in [6.45, 7) is 2.36. The van der Waals surface area contributed by atoms with E-state index in [0.29, 0.717) is 45.3 Å². The predicted molar refractivity (Wildman–Crippen MR) is 109 cm³/mol. The highest BCUT2D eigenvalue weighted by Gasteiger charge is 2.25. The van der Waals surface area contributed by atoms with Gasteiger partial charge in [0.2, 0.25) is 0 Å². The SMILES string of the molecule is CSCc1nc2sc(C(=O)N[C@H]3CCOc4ccccc43)c(C)c2c(=O)[nH]1. The van der Waals surface area contributed by atoms with Crippen LogP contribution in [-0.2, 0) is 5.75 Å². The Morgan fingerprint density at radius 1 is 1.44 bits per heavy atom. The van der Waals surface area contributed by atoms with E-state index < -0.39 is 0 Å². The van der Waals surface area contributed by atoms with Crippen LogP contribution in [0.1, 0.15) is 39.1 Å². The molecule has 1 amide bonds. The highest BCUT2D eigenvalue weighted by atomic mass is 32.2. The lowest BCUT2D eigenvalue weighted by Crippen LogP contribution is -2.32. The number of ether oxygens (including phenoxy) is 1. The van der Waals surface area contributed by atoms with Crippen molar-refractivity contribution in [1.82, 2.24) is 15.3 Å². The number of amides is 1. The van der Waals surface area contributed by atoms with Gasteiger partial charge in [-0.05, 0) is 24.8 Å². The van der Waals surface area contributed by atoms with Crippen molar-refractivity contribution in [3.8, 4) is 5.75 Å². The van der Waals surface area contributed by atoms with E-state index in [-0.39, 0.29) is 17.5 Å². The molecule has 1 atom stereocenters. The van der Waals surface area contributed by atoms with Crippen LogP contribution in [0.4, 0.5) is 0 Å². The van der Waals surface area contributed by atoms with Crippen LogP contribution in [-0.4, -0.2) is 28.7 Å². The Bertz CT molecular complexity index is 1070. The summed E-state index contributed by atoms with van der Waals surface area (Å²) in [4.78, 5) is 33.9. The maximum atomic E-state index is 12.9. The Labute approximate surface area is 164 Å². The summed E-state index contributed by atoms with van der Waals surface area (Å²) in [6, 6.07) is 7.63. The van der Waals surface area contributed by atoms with Crippen molar-refractivity contribution >= 4 is 39.2 Å². The number of carbonyl (C=O) groups is 1. The van der Waals surface area contributed by atoms with Crippen LogP contribution in [0.25, 0.3) is 10.2 Å². The molecule has 2 aromatic heterocycles. The number of benzene rings is 1. The lowest BCUT2D eigenvalue weighted by atomic mass is 10.0. The van der Waals surface area contributed by atoms with Gasteiger partial charge in [0, 0.05) is 12.0 Å². The summed E-state index contributed by atoms with van der Waals surface area (Å²) >= 11 is 2.86. The van der Waals surface area contributed by atoms with Crippen molar-refractivity contribution in [2.24, 2.45) is 0 Å². The average molecular weight is 402 g/mol. The summed E-state index contributed by atoms with van der Waals surface area (Å²) in [7, 11) is 0. The maximum absolute atomic E-state index is 12.9. The summed E-state index contributed by atoms with van der Waals surface area (Å²) in [5.41, 5.74) is 1.47. The molecule has 0 bridgehead atoms. The van der Waals surface area contributed by atoms with E-state index in [1.165, 1.54) is 11.3 Å². The number of para-hydroxylation sites is 1. The zero-order valence-electron chi connectivity index (χ0n) is 15.0. The molecule has 0 spiro atoms. The second-order valence-corrected chi connectivity index (χ2v) is 8.25. The number of H-pyrrole nitrogens is 1. The first-order chi connectivity index (χ1) is 13.1. The minimum atomic E-state index is -0.187. The van der Waals surface area contributed by atoms with Crippen LogP contribution in [0.2, 0.25) is 0 Å². The van der Waals surface area contributed by atoms with E-state index in [1.54, 1.807) is 18.7 Å². The Hall–Kier alpha value is -2.32. The molecule has 3 aromatic rings. The number of carbonyl (C=O) groups excluding carboxylic acids is 1. The van der Waals surface area contributed by atoms with Crippen LogP contribution in [0.3, 0.4) is 0 Å². The molecule has 4 rings (SSSR count). The quantitative estimate of drug-likeness (QED) is 0.700. The van der Waals surface area contributed by atoms with E-state index in [1.807, 2.05) is 30.5 Å². The fourth-order valence-electron chi connectivity index (χ4n) is 3.33. The number of thiophene rings is 1. The Kier molecular flexibility index (Phi) is 4.92. The van der Waals surface area contributed by atoms with Gasteiger partial charge in [-0.15, -0.1) is 11.3 Å². The second kappa shape index (κ2) is 7.36. The van der Waals surface area contributed by atoms with Gasteiger partial charge in [0.15, 0.2) is 0 Å². The van der Waals surface area contributed by atoms with Gasteiger partial charge >= 0.3 is 0 Å². The molecule has 6 nitrogen and oxygen atoms in total. The molecule has 1 aliphatic rings. The van der Waals surface area contributed by atoms with Gasteiger partial charge in [0.1, 0.15) is 16.4 Å². The second-order valence-electron chi connectivity index (χ2n) is 6.38. The first-order valence-corrected chi connectivity index (χ1v) is 10.8. The molecule has 27 heavy (non-hydrogen) atoms. The maximum Gasteiger partial charge on any atom is 0.262 e. The van der Waals surface area contributed by atoms with Crippen LogP contribution < -0.4 is 15.6 Å². The van der Waals surface area contributed by atoms with Crippen molar-refractivity contribution < 1.29 is 9.53 Å². The lowest BCUT2D eigenvalue weighted by Gasteiger charge is -2.26. The zero-order chi connectivity index (χ0) is 19.0. The van der Waals surface area contributed by atoms with Gasteiger partial charge in [-0.3, -0.25) is 9.59 Å². The predicted octanol–water partition coefficient (Wildman–Crippen LogP) is 3.41. The number of aromatic nitrogens is 2. The fourth-order valence-corrected chi connectivity index (χ4v) is 4.84. The van der Waals surface area contributed by atoms with E-state index >= 15 is 0 Å². The van der Waals surface area contributed by atoms with E-state index in [9.17, 15) is 9.59 Å². The number of hydrogen-bond acceptors (Lipinski definition) is 6. The van der Waals surface area contributed by atoms with Crippen molar-refractivity contribution in [3.63, 3.8) is 0 Å². The average Bonchev–Trinajstić information content (AvgIpc) is 2.99. The fraction of sp³-hybridized carbons (Fsp3) is 0.316. The molecule has 0 saturated carbocycles. The number of rotatable bonds is 4. The third kappa shape index (κ3) is 3.35. The van der Waals surface area contributed by atoms with Gasteiger partial charge in [-0.1, -0.05) is 18.2 Å². The molecular formula is C19H19N3O3S2. The van der Waals surface area contributed by atoms with Gasteiger partial charge in [-0.2, -0.15) is 11.8 Å². The third-order valence-electron chi connectivity index (χ3n) is 4.60. The normalized spacial score (nSPS) is 16.0. The smallest absolute Gasteiger partial charge is 0.262 e. The number of aromatic amines is 1. The van der Waals surface area contributed by atoms with E-state index in [4.69, 9.17) is 4.74 Å². The number of hydrogen-bond donors (Lipinski definition) is 2. The molecule has 3 heterocycles. The molecule has 0 aliphatic carbocycles. The summed E-state index contributed by atoms with van der Waals surface area (Å²) in [5.74, 6) is 1.89. The largest absolute Gasteiger partial charge is 0.493 e. The standard InChI is InChI=1S/C19H19N3O3S2/c1-10-15-17(23)21-14(9-26-2)22-19(15)27-16(10)18(24)20-12-7-8-25-13-6-4-3-5-11(12)13/h3-6,12H,7-9H2,1-2H3,(H,20,24)(H,21,22,23)/t12-/m0/s1. The minimum Gasteiger partial charge on any atom is -0.493 e. The third-order valence-corrected chi connectivity index (χ3v) is 6.35. The molecule has 0 radical (unpaired) electrons. The summed E-state index contributed by atoms with van der Waals surface area (Å²) in [5, 5.41) is 3.60. The van der Waals surface area contributed by atoms with Crippen molar-refractivity contribution in [2.45, 2.75) is 25.1 Å². The molecule has 1 aromatic carbocycles. The van der Waals surface area contributed by atoms with Crippen molar-refractivity contribution in [1.29, 1.82) is 0 Å². The monoisotopic (exact) mass is 401 g/mol. The number of fused-ring (bicyclic) bond motifs is 2. The molecule has 0 unspecified atom stereocenters. The number of nitrogens with one attached hydrogen (secondary N) is 2. The van der Waals surface area contributed by atoms with Gasteiger partial charge in [0.05, 0.1) is 28.7 Å².